The van der Waals surface area contributed by atoms with E-state index in [2.05, 4.69) is 109 Å². The van der Waals surface area contributed by atoms with Gasteiger partial charge in [-0.3, -0.25) is 9.97 Å². The molecule has 0 saturated heterocycles. The molecule has 0 atom stereocenters. The van der Waals surface area contributed by atoms with Crippen molar-refractivity contribution in [1.82, 2.24) is 19.5 Å². The van der Waals surface area contributed by atoms with Crippen LogP contribution < -0.4 is 4.40 Å². The third-order valence-corrected chi connectivity index (χ3v) is 14.5. The van der Waals surface area contributed by atoms with Gasteiger partial charge in [-0.05, 0) is 42.0 Å². The van der Waals surface area contributed by atoms with Crippen LogP contribution in [0.4, 0.5) is 4.39 Å². The van der Waals surface area contributed by atoms with Gasteiger partial charge in [-0.2, -0.15) is 0 Å². The van der Waals surface area contributed by atoms with Crippen LogP contribution in [0.3, 0.4) is 0 Å². The van der Waals surface area contributed by atoms with Crippen molar-refractivity contribution in [3.05, 3.63) is 137 Å². The maximum absolute atomic E-state index is 14.5. The summed E-state index contributed by atoms with van der Waals surface area (Å²) in [6, 6.07) is 31.1. The summed E-state index contributed by atoms with van der Waals surface area (Å²) in [4.78, 5) is 14.2. The monoisotopic (exact) mass is 1000 g/mol. The first-order valence-electron chi connectivity index (χ1n) is 21.2. The van der Waals surface area contributed by atoms with Crippen LogP contribution in [-0.2, 0) is 20.1 Å². The number of aromatic nitrogens is 4. The van der Waals surface area contributed by atoms with Crippen molar-refractivity contribution in [2.75, 3.05) is 0 Å². The summed E-state index contributed by atoms with van der Waals surface area (Å²) in [5.74, 6) is 6.70. The zero-order chi connectivity index (χ0) is 43.5. The zero-order valence-corrected chi connectivity index (χ0v) is 38.7. The molecule has 0 saturated carbocycles. The number of rotatable bonds is 7. The fourth-order valence-electron chi connectivity index (χ4n) is 7.46. The third-order valence-electron chi connectivity index (χ3n) is 10.3. The molecule has 0 amide bonds. The van der Waals surface area contributed by atoms with E-state index in [4.69, 9.17) is 14.9 Å². The summed E-state index contributed by atoms with van der Waals surface area (Å²) in [5.41, 5.74) is 10.5. The molecular weight excluding hydrogens is 944 g/mol. The molecule has 1 radical (unpaired) electrons. The van der Waals surface area contributed by atoms with Crippen molar-refractivity contribution in [1.29, 1.82) is 0 Å². The van der Waals surface area contributed by atoms with Gasteiger partial charge in [0.2, 0.25) is 0 Å². The van der Waals surface area contributed by atoms with E-state index in [0.29, 0.717) is 17.5 Å². The Labute approximate surface area is 358 Å². The molecule has 4 aromatic heterocycles. The van der Waals surface area contributed by atoms with E-state index in [1.54, 1.807) is 26.1 Å². The number of hydrogen-bond acceptors (Lipinski definition) is 4. The molecule has 0 aliphatic heterocycles. The normalized spacial score (nSPS) is 13.3. The molecule has 5 nitrogen and oxygen atoms in total. The number of furan rings is 1. The van der Waals surface area contributed by atoms with Crippen LogP contribution in [0.2, 0.25) is 17.3 Å². The average Bonchev–Trinajstić information content (AvgIpc) is 3.76. The van der Waals surface area contributed by atoms with E-state index in [1.165, 1.54) is 22.9 Å². The van der Waals surface area contributed by atoms with Gasteiger partial charge in [0.1, 0.15) is 5.58 Å². The number of aryl methyl sites for hydroxylation is 2. The second kappa shape index (κ2) is 16.8. The van der Waals surface area contributed by atoms with Gasteiger partial charge in [0.25, 0.3) is 0 Å². The molecule has 8 heteroatoms. The zero-order valence-electron chi connectivity index (χ0n) is 38.2. The number of pyridine rings is 2. The minimum atomic E-state index is -2.37. The Kier molecular flexibility index (Phi) is 10.9. The summed E-state index contributed by atoms with van der Waals surface area (Å²) in [6.45, 7) is 12.3. The number of nitrogens with zero attached hydrogens (tertiary/aromatic N) is 4. The Morgan fingerprint density at radius 2 is 1.56 bits per heavy atom. The number of imidazole rings is 1. The number of para-hydroxylation sites is 2. The van der Waals surface area contributed by atoms with E-state index >= 15 is 0 Å². The fraction of sp³-hybridized carbons (Fsp3) is 0.286. The van der Waals surface area contributed by atoms with Crippen LogP contribution in [0.15, 0.2) is 95.7 Å². The number of hydrogen-bond donors (Lipinski definition) is 0. The average molecular weight is 1000 g/mol. The van der Waals surface area contributed by atoms with Gasteiger partial charge in [-0.15, -0.1) is 18.2 Å². The summed E-state index contributed by atoms with van der Waals surface area (Å²) in [6.07, 6.45) is 3.59. The van der Waals surface area contributed by atoms with E-state index in [0.717, 1.165) is 66.1 Å². The first-order chi connectivity index (χ1) is 28.2. The smallest absolute Gasteiger partial charge is 0 e. The van der Waals surface area contributed by atoms with Crippen LogP contribution in [-0.4, -0.2) is 32.8 Å². The molecule has 0 aliphatic rings. The first-order valence-corrected chi connectivity index (χ1v) is 26.5. The summed E-state index contributed by atoms with van der Waals surface area (Å²) in [7, 11) is 0. The third kappa shape index (κ3) is 8.17. The van der Waals surface area contributed by atoms with Crippen LogP contribution in [0.25, 0.3) is 61.3 Å². The summed E-state index contributed by atoms with van der Waals surface area (Å²) >= 11 is -2.25. The molecule has 8 aromatic rings. The molecule has 57 heavy (non-hydrogen) atoms. The van der Waals surface area contributed by atoms with Gasteiger partial charge in [0.15, 0.2) is 0 Å². The van der Waals surface area contributed by atoms with E-state index in [-0.39, 0.29) is 31.2 Å². The molecule has 0 spiro atoms. The Hall–Kier alpha value is -4.43. The minimum Gasteiger partial charge on any atom is 0 e. The number of fused-ring (bicyclic) bond motifs is 4. The van der Waals surface area contributed by atoms with Crippen molar-refractivity contribution in [2.45, 2.75) is 90.3 Å². The van der Waals surface area contributed by atoms with E-state index in [1.807, 2.05) is 36.5 Å². The van der Waals surface area contributed by atoms with Crippen LogP contribution in [0.5, 0.6) is 0 Å². The SMILES string of the molecule is Cc1nccc2nc(-c3[c-]ccc4c3oc3ccccc34)n(-c3c(C(C)C)cccc3C(C)C)c12.[2H]C([2H])([2H])c1c[c-]c(-c2cc(C([2H])(C)C)[c]([Ge]([CH3])([CH3])[CH3])cn2)c(F)c1.[Ir]. The second-order valence-electron chi connectivity index (χ2n) is 16.3. The summed E-state index contributed by atoms with van der Waals surface area (Å²) in [5, 5.41) is 2.17. The van der Waals surface area contributed by atoms with Crippen molar-refractivity contribution < 1.29 is 34.4 Å². The standard InChI is InChI=1S/C31H28N3O.C18H23FGeN.Ir/c1-18(2)21-11-8-12-22(19(3)4)29(21)34-28-20(5)32-17-16-26(28)33-31(34)25-14-9-13-24-23-10-6-7-15-27(23)35-30(24)25;1-12(2)15-10-18(21-11-17(15)20(4,5)6)14-8-7-13(3)9-16(14)19;/h6-13,15-19H,1-5H3;7,9-12H,1-6H3;/q2*-1;/i;3D3,12D;. The Morgan fingerprint density at radius 3 is 2.21 bits per heavy atom. The van der Waals surface area contributed by atoms with Crippen molar-refractivity contribution in [3.8, 4) is 28.3 Å². The molecule has 4 aromatic carbocycles. The van der Waals surface area contributed by atoms with Gasteiger partial charge in [-0.1, -0.05) is 75.0 Å². The Balaban J connectivity index is 0.000000213. The van der Waals surface area contributed by atoms with Crippen LogP contribution in [0, 0.1) is 31.7 Å². The second-order valence-corrected chi connectivity index (χ2v) is 26.9. The molecule has 0 unspecified atom stereocenters. The number of halogens is 1. The molecule has 0 aliphatic carbocycles. The number of benzene rings is 4. The fourth-order valence-corrected chi connectivity index (χ4v) is 10.8. The maximum atomic E-state index is 14.5. The first kappa shape index (κ1) is 36.9. The predicted octanol–water partition coefficient (Wildman–Crippen LogP) is 13.0. The maximum Gasteiger partial charge on any atom is 0 e. The molecule has 295 valence electrons. The molecule has 0 fully saturated rings. The van der Waals surface area contributed by atoms with Gasteiger partial charge < -0.3 is 8.98 Å². The Bertz CT molecular complexity index is 2860. The molecule has 0 N–H and O–H groups in total. The quantitative estimate of drug-likeness (QED) is 0.118. The van der Waals surface area contributed by atoms with E-state index in [9.17, 15) is 4.39 Å². The van der Waals surface area contributed by atoms with E-state index < -0.39 is 31.8 Å². The Morgan fingerprint density at radius 1 is 0.842 bits per heavy atom. The largest absolute Gasteiger partial charge is 0 e. The minimum absolute atomic E-state index is 0. The molecule has 8 rings (SSSR count). The summed E-state index contributed by atoms with van der Waals surface area (Å²) < 4.78 is 54.9. The molecule has 0 bridgehead atoms. The molecule has 4 heterocycles. The van der Waals surface area contributed by atoms with Gasteiger partial charge in [0, 0.05) is 37.4 Å². The molecular formula is C49H51FGeIrN4O-2. The van der Waals surface area contributed by atoms with Crippen LogP contribution >= 0.6 is 0 Å². The van der Waals surface area contributed by atoms with Gasteiger partial charge in [0.05, 0.1) is 28.1 Å². The van der Waals surface area contributed by atoms with Crippen LogP contribution in [0.1, 0.15) is 92.7 Å². The van der Waals surface area contributed by atoms with Gasteiger partial charge >= 0.3 is 135 Å². The van der Waals surface area contributed by atoms with Crippen molar-refractivity contribution in [3.63, 3.8) is 0 Å². The van der Waals surface area contributed by atoms with Gasteiger partial charge in [-0.25, -0.2) is 0 Å². The topological polar surface area (TPSA) is 56.7 Å². The predicted molar refractivity (Wildman–Crippen MR) is 234 cm³/mol. The van der Waals surface area contributed by atoms with Crippen molar-refractivity contribution in [2.24, 2.45) is 0 Å². The van der Waals surface area contributed by atoms with Crippen molar-refractivity contribution >= 4 is 50.6 Å².